The highest BCUT2D eigenvalue weighted by Crippen LogP contribution is 2.26. The van der Waals surface area contributed by atoms with Gasteiger partial charge in [-0.3, -0.25) is 4.79 Å². The molecule has 18 heavy (non-hydrogen) atoms. The molecule has 0 bridgehead atoms. The van der Waals surface area contributed by atoms with E-state index in [4.69, 9.17) is 0 Å². The summed E-state index contributed by atoms with van der Waals surface area (Å²) in [4.78, 5) is 24.0. The van der Waals surface area contributed by atoms with Crippen molar-refractivity contribution in [3.8, 4) is 0 Å². The maximum Gasteiger partial charge on any atom is 0.337 e. The maximum atomic E-state index is 11.4. The molecule has 0 fully saturated rings. The van der Waals surface area contributed by atoms with Crippen molar-refractivity contribution >= 4 is 28.3 Å². The van der Waals surface area contributed by atoms with Gasteiger partial charge in [0.15, 0.2) is 0 Å². The Labute approximate surface area is 104 Å². The third-order valence-electron chi connectivity index (χ3n) is 2.93. The minimum atomic E-state index is -1.04. The molecule has 0 radical (unpaired) electrons. The quantitative estimate of drug-likeness (QED) is 0.881. The zero-order valence-corrected chi connectivity index (χ0v) is 10.2. The Kier molecular flexibility index (Phi) is 3.02. The normalized spacial score (nSPS) is 10.3. The third kappa shape index (κ3) is 2.05. The molecule has 0 aliphatic carbocycles. The molecule has 0 aliphatic heterocycles. The summed E-state index contributed by atoms with van der Waals surface area (Å²) in [6.45, 7) is 1.40. The van der Waals surface area contributed by atoms with Crippen LogP contribution in [0.15, 0.2) is 36.4 Å². The van der Waals surface area contributed by atoms with Crippen molar-refractivity contribution in [2.45, 2.75) is 6.92 Å². The Hall–Kier alpha value is -2.36. The van der Waals surface area contributed by atoms with Crippen molar-refractivity contribution in [1.82, 2.24) is 0 Å². The molecule has 2 aromatic rings. The smallest absolute Gasteiger partial charge is 0.337 e. The molecule has 0 atom stereocenters. The average molecular weight is 243 g/mol. The lowest BCUT2D eigenvalue weighted by atomic mass is 10.0. The number of anilines is 1. The molecule has 92 valence electrons. The summed E-state index contributed by atoms with van der Waals surface area (Å²) in [6, 6.07) is 10.8. The molecule has 0 spiro atoms. The molecule has 0 unspecified atom stereocenters. The number of amides is 1. The van der Waals surface area contributed by atoms with Gasteiger partial charge in [-0.05, 0) is 22.9 Å². The number of benzene rings is 2. The molecule has 4 nitrogen and oxygen atoms in total. The molecule has 0 aliphatic rings. The van der Waals surface area contributed by atoms with Gasteiger partial charge in [-0.1, -0.05) is 24.3 Å². The van der Waals surface area contributed by atoms with Gasteiger partial charge >= 0.3 is 5.97 Å². The summed E-state index contributed by atoms with van der Waals surface area (Å²) in [5, 5.41) is 11.0. The number of carboxylic acids is 1. The van der Waals surface area contributed by atoms with Gasteiger partial charge < -0.3 is 10.0 Å². The Bertz CT molecular complexity index is 634. The van der Waals surface area contributed by atoms with Gasteiger partial charge in [0.2, 0.25) is 5.91 Å². The van der Waals surface area contributed by atoms with Crippen molar-refractivity contribution in [1.29, 1.82) is 0 Å². The van der Waals surface area contributed by atoms with Gasteiger partial charge in [-0.15, -0.1) is 0 Å². The number of fused-ring (bicyclic) bond motifs is 1. The van der Waals surface area contributed by atoms with Crippen LogP contribution in [0.4, 0.5) is 5.69 Å². The first-order valence-corrected chi connectivity index (χ1v) is 5.51. The highest BCUT2D eigenvalue weighted by Gasteiger charge is 2.16. The van der Waals surface area contributed by atoms with Gasteiger partial charge in [-0.2, -0.15) is 0 Å². The number of carbonyl (C=O) groups excluding carboxylic acids is 1. The molecule has 0 saturated carbocycles. The maximum absolute atomic E-state index is 11.4. The van der Waals surface area contributed by atoms with Crippen LogP contribution in [0.3, 0.4) is 0 Å². The fourth-order valence-corrected chi connectivity index (χ4v) is 1.85. The van der Waals surface area contributed by atoms with Crippen molar-refractivity contribution in [3.05, 3.63) is 42.0 Å². The van der Waals surface area contributed by atoms with E-state index in [1.165, 1.54) is 11.8 Å². The van der Waals surface area contributed by atoms with Crippen LogP contribution in [0, 0.1) is 0 Å². The number of rotatable bonds is 2. The van der Waals surface area contributed by atoms with Crippen molar-refractivity contribution in [3.63, 3.8) is 0 Å². The first kappa shape index (κ1) is 12.1. The van der Waals surface area contributed by atoms with E-state index in [0.717, 1.165) is 10.8 Å². The standard InChI is InChI=1S/C14H13NO3/c1-9(16)15(2)13-8-11-6-4-3-5-10(11)7-12(13)14(17)18/h3-8H,1-2H3,(H,17,18). The monoisotopic (exact) mass is 243 g/mol. The highest BCUT2D eigenvalue weighted by molar-refractivity contribution is 6.05. The van der Waals surface area contributed by atoms with Crippen LogP contribution < -0.4 is 4.90 Å². The number of nitrogens with zero attached hydrogens (tertiary/aromatic N) is 1. The molecule has 0 aromatic heterocycles. The van der Waals surface area contributed by atoms with E-state index < -0.39 is 5.97 Å². The van der Waals surface area contributed by atoms with E-state index in [1.807, 2.05) is 24.3 Å². The van der Waals surface area contributed by atoms with Crippen LogP contribution in [-0.2, 0) is 4.79 Å². The lowest BCUT2D eigenvalue weighted by Gasteiger charge is -2.18. The average Bonchev–Trinajstić information content (AvgIpc) is 2.36. The number of aromatic carboxylic acids is 1. The molecular weight excluding hydrogens is 230 g/mol. The zero-order chi connectivity index (χ0) is 13.3. The van der Waals surface area contributed by atoms with Crippen molar-refractivity contribution < 1.29 is 14.7 Å². The van der Waals surface area contributed by atoms with Crippen LogP contribution in [0.25, 0.3) is 10.8 Å². The van der Waals surface area contributed by atoms with Crippen LogP contribution >= 0.6 is 0 Å². The fraction of sp³-hybridized carbons (Fsp3) is 0.143. The predicted octanol–water partition coefficient (Wildman–Crippen LogP) is 2.52. The summed E-state index contributed by atoms with van der Waals surface area (Å²) in [5.41, 5.74) is 0.542. The first-order chi connectivity index (χ1) is 8.50. The first-order valence-electron chi connectivity index (χ1n) is 5.51. The van der Waals surface area contributed by atoms with Crippen LogP contribution in [0.1, 0.15) is 17.3 Å². The van der Waals surface area contributed by atoms with Crippen molar-refractivity contribution in [2.75, 3.05) is 11.9 Å². The molecule has 2 aromatic carbocycles. The summed E-state index contributed by atoms with van der Waals surface area (Å²) >= 11 is 0. The minimum Gasteiger partial charge on any atom is -0.478 e. The molecule has 1 N–H and O–H groups in total. The van der Waals surface area contributed by atoms with E-state index in [1.54, 1.807) is 19.2 Å². The van der Waals surface area contributed by atoms with Crippen LogP contribution in [0.5, 0.6) is 0 Å². The van der Waals surface area contributed by atoms with Gasteiger partial charge in [-0.25, -0.2) is 4.79 Å². The van der Waals surface area contributed by atoms with E-state index in [0.29, 0.717) is 5.69 Å². The van der Waals surface area contributed by atoms with Gasteiger partial charge in [0.1, 0.15) is 0 Å². The Morgan fingerprint density at radius 3 is 2.17 bits per heavy atom. The summed E-state index contributed by atoms with van der Waals surface area (Å²) in [5.74, 6) is -1.24. The number of carbonyl (C=O) groups is 2. The Morgan fingerprint density at radius 2 is 1.67 bits per heavy atom. The van der Waals surface area contributed by atoms with E-state index in [-0.39, 0.29) is 11.5 Å². The molecule has 2 rings (SSSR count). The molecule has 4 heteroatoms. The number of hydrogen-bond donors (Lipinski definition) is 1. The fourth-order valence-electron chi connectivity index (χ4n) is 1.85. The van der Waals surface area contributed by atoms with Gasteiger partial charge in [0.05, 0.1) is 11.3 Å². The van der Waals surface area contributed by atoms with E-state index in [9.17, 15) is 14.7 Å². The topological polar surface area (TPSA) is 57.6 Å². The zero-order valence-electron chi connectivity index (χ0n) is 10.2. The summed E-state index contributed by atoms with van der Waals surface area (Å²) in [7, 11) is 1.57. The minimum absolute atomic E-state index is 0.131. The van der Waals surface area contributed by atoms with Gasteiger partial charge in [0.25, 0.3) is 0 Å². The lowest BCUT2D eigenvalue weighted by Crippen LogP contribution is -2.25. The third-order valence-corrected chi connectivity index (χ3v) is 2.93. The predicted molar refractivity (Wildman–Crippen MR) is 70.0 cm³/mol. The van der Waals surface area contributed by atoms with Crippen LogP contribution in [-0.4, -0.2) is 24.0 Å². The SMILES string of the molecule is CC(=O)N(C)c1cc2ccccc2cc1C(=O)O. The molecular formula is C14H13NO3. The number of carboxylic acid groups (broad SMARTS) is 1. The second-order valence-corrected chi connectivity index (χ2v) is 4.10. The Balaban J connectivity index is 2.72. The van der Waals surface area contributed by atoms with Crippen LogP contribution in [0.2, 0.25) is 0 Å². The summed E-state index contributed by atoms with van der Waals surface area (Å²) in [6.07, 6.45) is 0. The highest BCUT2D eigenvalue weighted by atomic mass is 16.4. The molecule has 0 saturated heterocycles. The van der Waals surface area contributed by atoms with Crippen molar-refractivity contribution in [2.24, 2.45) is 0 Å². The Morgan fingerprint density at radius 1 is 1.11 bits per heavy atom. The summed E-state index contributed by atoms with van der Waals surface area (Å²) < 4.78 is 0. The van der Waals surface area contributed by atoms with E-state index in [2.05, 4.69) is 0 Å². The second-order valence-electron chi connectivity index (χ2n) is 4.10. The number of hydrogen-bond acceptors (Lipinski definition) is 2. The van der Waals surface area contributed by atoms with Gasteiger partial charge in [0, 0.05) is 14.0 Å². The molecule has 0 heterocycles. The van der Waals surface area contributed by atoms with E-state index >= 15 is 0 Å². The second kappa shape index (κ2) is 4.49. The largest absolute Gasteiger partial charge is 0.478 e. The molecule has 1 amide bonds. The lowest BCUT2D eigenvalue weighted by molar-refractivity contribution is -0.116.